The van der Waals surface area contributed by atoms with Crippen molar-refractivity contribution in [3.8, 4) is 22.8 Å². The smallest absolute Gasteiger partial charge is 0.0886 e. The van der Waals surface area contributed by atoms with Gasteiger partial charge in [0.2, 0.25) is 0 Å². The second-order valence-corrected chi connectivity index (χ2v) is 7.55. The molecule has 0 atom stereocenters. The fourth-order valence-corrected chi connectivity index (χ4v) is 2.06. The molecular weight excluding hydrogens is 564 g/mol. The molecule has 0 fully saturated rings. The molecule has 4 aromatic rings. The summed E-state index contributed by atoms with van der Waals surface area (Å²) in [4.78, 5) is 16.7. The standard InChI is InChI=1S/2C10H8N2.2ClH.6H2O.Ru/c2*1-3-7-11-9(5-1)10-6-2-4-8-12-10;;;;;;;;;/h2*1-8H;2*1H;6*1H2;/q;;;;;;;;;;+2/p-2. The van der Waals surface area contributed by atoms with Gasteiger partial charge in [-0.15, -0.1) is 0 Å². The Hall–Kier alpha value is -2.44. The van der Waals surface area contributed by atoms with Crippen molar-refractivity contribution in [1.29, 1.82) is 0 Å². The molecular formula is C20H28Cl2N4O6Ru. The summed E-state index contributed by atoms with van der Waals surface area (Å²) in [5.74, 6) is 0. The van der Waals surface area contributed by atoms with E-state index in [1.807, 2.05) is 72.8 Å². The number of halogens is 2. The van der Waals surface area contributed by atoms with Gasteiger partial charge in [-0.25, -0.2) is 0 Å². The third-order valence-corrected chi connectivity index (χ3v) is 3.18. The number of rotatable bonds is 2. The first kappa shape index (κ1) is 40.9. The molecule has 0 bridgehead atoms. The molecule has 0 unspecified atom stereocenters. The van der Waals surface area contributed by atoms with Crippen LogP contribution in [-0.4, -0.2) is 52.8 Å². The Morgan fingerprint density at radius 1 is 0.394 bits per heavy atom. The van der Waals surface area contributed by atoms with E-state index in [1.54, 1.807) is 24.8 Å². The molecule has 4 aromatic heterocycles. The summed E-state index contributed by atoms with van der Waals surface area (Å²) < 4.78 is 0. The number of aromatic nitrogens is 4. The summed E-state index contributed by atoms with van der Waals surface area (Å²) >= 11 is -0.346. The number of nitrogens with zero attached hydrogens (tertiary/aromatic N) is 4. The van der Waals surface area contributed by atoms with Crippen LogP contribution in [0.4, 0.5) is 0 Å². The zero-order valence-corrected chi connectivity index (χ0v) is 20.4. The molecule has 0 radical (unpaired) electrons. The quantitative estimate of drug-likeness (QED) is 0.305. The van der Waals surface area contributed by atoms with Crippen LogP contribution < -0.4 is 0 Å². The Balaban J connectivity index is -0.000000122. The van der Waals surface area contributed by atoms with Gasteiger partial charge in [0.1, 0.15) is 0 Å². The van der Waals surface area contributed by atoms with Crippen LogP contribution in [0.15, 0.2) is 97.6 Å². The molecule has 0 aliphatic heterocycles. The molecule has 13 heteroatoms. The Morgan fingerprint density at radius 3 is 0.697 bits per heavy atom. The molecule has 0 saturated carbocycles. The normalized spacial score (nSPS) is 7.70. The second-order valence-electron chi connectivity index (χ2n) is 4.91. The first-order chi connectivity index (χ1) is 13.3. The molecule has 0 saturated heterocycles. The van der Waals surface area contributed by atoms with Gasteiger partial charge >= 0.3 is 34.5 Å². The summed E-state index contributed by atoms with van der Waals surface area (Å²) in [7, 11) is 9.71. The zero-order valence-electron chi connectivity index (χ0n) is 17.1. The van der Waals surface area contributed by atoms with Crippen molar-refractivity contribution in [2.75, 3.05) is 0 Å². The minimum atomic E-state index is -0.346. The van der Waals surface area contributed by atoms with E-state index in [-0.39, 0.29) is 48.0 Å². The van der Waals surface area contributed by atoms with Crippen LogP contribution in [-0.2, 0) is 15.1 Å². The average Bonchev–Trinajstić information content (AvgIpc) is 2.77. The molecule has 0 spiro atoms. The molecule has 4 heterocycles. The van der Waals surface area contributed by atoms with E-state index in [0.29, 0.717) is 0 Å². The minimum Gasteiger partial charge on any atom is -0.255 e. The Bertz CT molecular complexity index is 740. The van der Waals surface area contributed by atoms with Gasteiger partial charge in [-0.05, 0) is 48.5 Å². The van der Waals surface area contributed by atoms with E-state index < -0.39 is 0 Å². The van der Waals surface area contributed by atoms with E-state index in [1.165, 1.54) is 0 Å². The van der Waals surface area contributed by atoms with Crippen molar-refractivity contribution in [2.45, 2.75) is 0 Å². The van der Waals surface area contributed by atoms with Crippen molar-refractivity contribution in [1.82, 2.24) is 19.9 Å². The van der Waals surface area contributed by atoms with E-state index in [2.05, 4.69) is 19.9 Å². The Morgan fingerprint density at radius 2 is 0.576 bits per heavy atom. The van der Waals surface area contributed by atoms with Crippen molar-refractivity contribution in [2.24, 2.45) is 0 Å². The molecule has 10 nitrogen and oxygen atoms in total. The van der Waals surface area contributed by atoms with Gasteiger partial charge in [0.05, 0.1) is 22.8 Å². The van der Waals surface area contributed by atoms with E-state index in [4.69, 9.17) is 19.4 Å². The van der Waals surface area contributed by atoms with Gasteiger partial charge in [0, 0.05) is 24.8 Å². The first-order valence-electron chi connectivity index (χ1n) is 7.85. The van der Waals surface area contributed by atoms with Crippen LogP contribution in [0.5, 0.6) is 0 Å². The van der Waals surface area contributed by atoms with Gasteiger partial charge in [0.25, 0.3) is 0 Å². The molecule has 186 valence electrons. The number of hydrogen-bond donors (Lipinski definition) is 0. The zero-order chi connectivity index (χ0) is 19.2. The van der Waals surface area contributed by atoms with E-state index >= 15 is 0 Å². The molecule has 12 N–H and O–H groups in total. The molecule has 0 aromatic carbocycles. The third kappa shape index (κ3) is 15.9. The van der Waals surface area contributed by atoms with Crippen molar-refractivity contribution >= 4 is 19.4 Å². The number of pyridine rings is 4. The fourth-order valence-electron chi connectivity index (χ4n) is 2.06. The Kier molecular flexibility index (Phi) is 32.0. The van der Waals surface area contributed by atoms with Crippen LogP contribution in [0.2, 0.25) is 0 Å². The van der Waals surface area contributed by atoms with Crippen LogP contribution in [0.25, 0.3) is 22.8 Å². The molecule has 33 heavy (non-hydrogen) atoms. The summed E-state index contributed by atoms with van der Waals surface area (Å²) in [6.07, 6.45) is 7.07. The maximum absolute atomic E-state index is 4.85. The summed E-state index contributed by atoms with van der Waals surface area (Å²) in [6.45, 7) is 0. The summed E-state index contributed by atoms with van der Waals surface area (Å²) in [5.41, 5.74) is 3.66. The predicted octanol–water partition coefficient (Wildman–Crippen LogP) is 0.715. The summed E-state index contributed by atoms with van der Waals surface area (Å²) in [5, 5.41) is 0. The maximum atomic E-state index is 4.85. The van der Waals surface area contributed by atoms with E-state index in [0.717, 1.165) is 22.8 Å². The first-order valence-corrected chi connectivity index (χ1v) is 12.3. The van der Waals surface area contributed by atoms with E-state index in [9.17, 15) is 0 Å². The van der Waals surface area contributed by atoms with Gasteiger partial charge < -0.3 is 32.9 Å². The van der Waals surface area contributed by atoms with Crippen molar-refractivity contribution in [3.63, 3.8) is 0 Å². The predicted molar refractivity (Wildman–Crippen MR) is 128 cm³/mol. The monoisotopic (exact) mass is 592 g/mol. The molecule has 4 rings (SSSR count). The third-order valence-electron chi connectivity index (χ3n) is 3.18. The minimum absolute atomic E-state index is 0. The van der Waals surface area contributed by atoms with Crippen LogP contribution in [0.3, 0.4) is 0 Å². The van der Waals surface area contributed by atoms with Crippen LogP contribution >= 0.6 is 19.4 Å². The number of hydrogen-bond acceptors (Lipinski definition) is 4. The fraction of sp³-hybridized carbons (Fsp3) is 0. The molecule has 0 amide bonds. The van der Waals surface area contributed by atoms with Gasteiger partial charge in [-0.1, -0.05) is 24.3 Å². The van der Waals surface area contributed by atoms with Gasteiger partial charge in [-0.2, -0.15) is 0 Å². The molecule has 0 aliphatic carbocycles. The van der Waals surface area contributed by atoms with Gasteiger partial charge in [0.15, 0.2) is 0 Å². The SMILES string of the molecule is O.O.O.O.O.O.[Cl][Ru][Cl].c1ccc(-c2ccccn2)nc1.c1ccc(-c2ccccn2)nc1. The van der Waals surface area contributed by atoms with Crippen molar-refractivity contribution in [3.05, 3.63) is 97.6 Å². The largest absolute Gasteiger partial charge is 0.255 e. The Labute approximate surface area is 207 Å². The topological polar surface area (TPSA) is 241 Å². The van der Waals surface area contributed by atoms with Crippen molar-refractivity contribution < 1.29 is 48.0 Å². The van der Waals surface area contributed by atoms with Crippen LogP contribution in [0, 0.1) is 0 Å². The summed E-state index contributed by atoms with van der Waals surface area (Å²) in [6, 6.07) is 23.2. The molecule has 0 aliphatic rings. The van der Waals surface area contributed by atoms with Gasteiger partial charge in [-0.3, -0.25) is 19.9 Å². The maximum Gasteiger partial charge on any atom is 0.0886 e. The second kappa shape index (κ2) is 25.8. The van der Waals surface area contributed by atoms with Crippen LogP contribution in [0.1, 0.15) is 0 Å². The average molecular weight is 592 g/mol.